The van der Waals surface area contributed by atoms with Gasteiger partial charge in [0.15, 0.2) is 0 Å². The van der Waals surface area contributed by atoms with E-state index in [0.717, 1.165) is 38.4 Å². The largest absolute Gasteiger partial charge is 0.384 e. The second-order valence-electron chi connectivity index (χ2n) is 3.20. The fraction of sp³-hybridized carbons (Fsp3) is 1.00. The number of hydrogen-bond donors (Lipinski definition) is 1. The predicted octanol–water partition coefficient (Wildman–Crippen LogP) is 1.36. The molecule has 1 aliphatic rings. The maximum Gasteiger partial charge on any atom is 0.0528 e. The molecule has 66 valence electrons. The molecule has 0 unspecified atom stereocenters. The van der Waals surface area contributed by atoms with Crippen molar-refractivity contribution >= 4 is 12.6 Å². The third-order valence-electron chi connectivity index (χ3n) is 2.34. The Bertz CT molecular complexity index is 105. The van der Waals surface area contributed by atoms with E-state index >= 15 is 0 Å². The first-order chi connectivity index (χ1) is 5.33. The first-order valence-corrected chi connectivity index (χ1v) is 4.64. The summed E-state index contributed by atoms with van der Waals surface area (Å²) in [5, 5.41) is 0. The van der Waals surface area contributed by atoms with Gasteiger partial charge in [-0.25, -0.2) is 0 Å². The number of rotatable bonds is 3. The lowest BCUT2D eigenvalue weighted by Crippen LogP contribution is -2.35. The van der Waals surface area contributed by atoms with Crippen LogP contribution in [0.3, 0.4) is 0 Å². The van der Waals surface area contributed by atoms with Crippen LogP contribution in [0.25, 0.3) is 0 Å². The molecule has 0 atom stereocenters. The second-order valence-corrected chi connectivity index (χ2v) is 3.52. The molecule has 0 aromatic carbocycles. The fourth-order valence-electron chi connectivity index (χ4n) is 1.46. The van der Waals surface area contributed by atoms with Crippen LogP contribution in [0.4, 0.5) is 0 Å². The molecule has 1 aliphatic heterocycles. The normalized spacial score (nSPS) is 23.5. The Morgan fingerprint density at radius 1 is 1.45 bits per heavy atom. The number of hydrogen-bond acceptors (Lipinski definition) is 3. The molecule has 0 bridgehead atoms. The molecule has 1 saturated heterocycles. The van der Waals surface area contributed by atoms with Crippen LogP contribution in [-0.4, -0.2) is 32.7 Å². The average Bonchev–Trinajstić information content (AvgIpc) is 2.07. The summed E-state index contributed by atoms with van der Waals surface area (Å²) >= 11 is 4.35. The molecular formula is C8H16O2S. The van der Waals surface area contributed by atoms with Crippen molar-refractivity contribution < 1.29 is 9.47 Å². The number of thiol groups is 1. The maximum atomic E-state index is 5.28. The van der Waals surface area contributed by atoms with Crippen molar-refractivity contribution in [2.24, 2.45) is 5.41 Å². The van der Waals surface area contributed by atoms with Gasteiger partial charge in [-0.2, -0.15) is 12.6 Å². The Hall–Kier alpha value is 0.270. The van der Waals surface area contributed by atoms with Gasteiger partial charge in [-0.15, -0.1) is 0 Å². The molecule has 0 spiro atoms. The molecule has 0 aliphatic carbocycles. The van der Waals surface area contributed by atoms with E-state index in [1.54, 1.807) is 7.11 Å². The molecule has 0 amide bonds. The van der Waals surface area contributed by atoms with Crippen molar-refractivity contribution in [3.05, 3.63) is 0 Å². The number of ether oxygens (including phenoxy) is 2. The molecule has 0 radical (unpaired) electrons. The second kappa shape index (κ2) is 4.33. The molecule has 1 heterocycles. The Kier molecular flexibility index (Phi) is 3.69. The van der Waals surface area contributed by atoms with E-state index in [4.69, 9.17) is 9.47 Å². The topological polar surface area (TPSA) is 18.5 Å². The highest BCUT2D eigenvalue weighted by Gasteiger charge is 2.30. The van der Waals surface area contributed by atoms with Gasteiger partial charge in [-0.05, 0) is 18.6 Å². The maximum absolute atomic E-state index is 5.28. The van der Waals surface area contributed by atoms with Crippen molar-refractivity contribution in [2.45, 2.75) is 12.8 Å². The molecular weight excluding hydrogens is 160 g/mol. The van der Waals surface area contributed by atoms with Gasteiger partial charge in [0.05, 0.1) is 6.61 Å². The Morgan fingerprint density at radius 3 is 2.55 bits per heavy atom. The van der Waals surface area contributed by atoms with Gasteiger partial charge in [0, 0.05) is 25.7 Å². The molecule has 1 rings (SSSR count). The van der Waals surface area contributed by atoms with Crippen LogP contribution in [0.5, 0.6) is 0 Å². The van der Waals surface area contributed by atoms with Gasteiger partial charge < -0.3 is 9.47 Å². The molecule has 1 fully saturated rings. The molecule has 0 aromatic rings. The fourth-order valence-corrected chi connectivity index (χ4v) is 1.87. The van der Waals surface area contributed by atoms with Crippen LogP contribution in [-0.2, 0) is 9.47 Å². The summed E-state index contributed by atoms with van der Waals surface area (Å²) < 4.78 is 10.5. The highest BCUT2D eigenvalue weighted by atomic mass is 32.1. The van der Waals surface area contributed by atoms with Gasteiger partial charge in [-0.3, -0.25) is 0 Å². The monoisotopic (exact) mass is 176 g/mol. The van der Waals surface area contributed by atoms with Gasteiger partial charge in [0.2, 0.25) is 0 Å². The lowest BCUT2D eigenvalue weighted by Gasteiger charge is -2.34. The van der Waals surface area contributed by atoms with Crippen molar-refractivity contribution in [2.75, 3.05) is 32.7 Å². The minimum absolute atomic E-state index is 0.288. The van der Waals surface area contributed by atoms with Gasteiger partial charge >= 0.3 is 0 Å². The molecule has 0 saturated carbocycles. The predicted molar refractivity (Wildman–Crippen MR) is 48.2 cm³/mol. The Balaban J connectivity index is 2.42. The zero-order valence-electron chi connectivity index (χ0n) is 7.01. The molecule has 2 nitrogen and oxygen atoms in total. The van der Waals surface area contributed by atoms with E-state index in [1.807, 2.05) is 0 Å². The Morgan fingerprint density at radius 2 is 2.09 bits per heavy atom. The van der Waals surface area contributed by atoms with E-state index in [2.05, 4.69) is 12.6 Å². The first-order valence-electron chi connectivity index (χ1n) is 4.00. The highest BCUT2D eigenvalue weighted by Crippen LogP contribution is 2.31. The first kappa shape index (κ1) is 9.36. The SMILES string of the molecule is COCC1(CS)CCOCC1. The summed E-state index contributed by atoms with van der Waals surface area (Å²) in [6.07, 6.45) is 2.18. The van der Waals surface area contributed by atoms with Crippen molar-refractivity contribution in [1.82, 2.24) is 0 Å². The van der Waals surface area contributed by atoms with Crippen LogP contribution < -0.4 is 0 Å². The molecule has 3 heteroatoms. The minimum Gasteiger partial charge on any atom is -0.384 e. The standard InChI is InChI=1S/C8H16O2S/c1-9-6-8(7-11)2-4-10-5-3-8/h11H,2-7H2,1H3. The summed E-state index contributed by atoms with van der Waals surface area (Å²) in [6, 6.07) is 0. The smallest absolute Gasteiger partial charge is 0.0528 e. The van der Waals surface area contributed by atoms with E-state index in [0.29, 0.717) is 0 Å². The van der Waals surface area contributed by atoms with Crippen molar-refractivity contribution in [3.8, 4) is 0 Å². The van der Waals surface area contributed by atoms with Crippen molar-refractivity contribution in [1.29, 1.82) is 0 Å². The van der Waals surface area contributed by atoms with Crippen molar-refractivity contribution in [3.63, 3.8) is 0 Å². The quantitative estimate of drug-likeness (QED) is 0.655. The number of methoxy groups -OCH3 is 1. The summed E-state index contributed by atoms with van der Waals surface area (Å²) in [6.45, 7) is 2.55. The van der Waals surface area contributed by atoms with Crippen LogP contribution in [0.2, 0.25) is 0 Å². The highest BCUT2D eigenvalue weighted by molar-refractivity contribution is 7.80. The average molecular weight is 176 g/mol. The zero-order chi connectivity index (χ0) is 8.16. The third-order valence-corrected chi connectivity index (χ3v) is 3.01. The molecule has 0 N–H and O–H groups in total. The molecule has 11 heavy (non-hydrogen) atoms. The van der Waals surface area contributed by atoms with Gasteiger partial charge in [0.1, 0.15) is 0 Å². The third kappa shape index (κ3) is 2.36. The molecule has 0 aromatic heterocycles. The summed E-state index contributed by atoms with van der Waals surface area (Å²) in [5.74, 6) is 0.907. The van der Waals surface area contributed by atoms with E-state index in [-0.39, 0.29) is 5.41 Å². The van der Waals surface area contributed by atoms with Gasteiger partial charge in [0.25, 0.3) is 0 Å². The van der Waals surface area contributed by atoms with E-state index in [9.17, 15) is 0 Å². The lowest BCUT2D eigenvalue weighted by atomic mass is 9.83. The summed E-state index contributed by atoms with van der Waals surface area (Å²) in [4.78, 5) is 0. The van der Waals surface area contributed by atoms with Crippen LogP contribution >= 0.6 is 12.6 Å². The van der Waals surface area contributed by atoms with Gasteiger partial charge in [-0.1, -0.05) is 0 Å². The zero-order valence-corrected chi connectivity index (χ0v) is 7.90. The van der Waals surface area contributed by atoms with E-state index in [1.165, 1.54) is 0 Å². The Labute approximate surface area is 73.7 Å². The summed E-state index contributed by atoms with van der Waals surface area (Å²) in [7, 11) is 1.75. The summed E-state index contributed by atoms with van der Waals surface area (Å²) in [5.41, 5.74) is 0.288. The minimum atomic E-state index is 0.288. The van der Waals surface area contributed by atoms with Crippen LogP contribution in [0, 0.1) is 5.41 Å². The lowest BCUT2D eigenvalue weighted by molar-refractivity contribution is -0.0145. The van der Waals surface area contributed by atoms with Crippen LogP contribution in [0.1, 0.15) is 12.8 Å². The van der Waals surface area contributed by atoms with E-state index < -0.39 is 0 Å². The van der Waals surface area contributed by atoms with Crippen LogP contribution in [0.15, 0.2) is 0 Å².